The minimum absolute atomic E-state index is 0.624. The summed E-state index contributed by atoms with van der Waals surface area (Å²) in [6, 6.07) is 4.05. The van der Waals surface area contributed by atoms with Crippen LogP contribution in [-0.2, 0) is 13.1 Å². The molecule has 2 rings (SSSR count). The van der Waals surface area contributed by atoms with Crippen LogP contribution < -0.4 is 15.5 Å². The summed E-state index contributed by atoms with van der Waals surface area (Å²) in [4.78, 5) is 10.6. The number of aromatic nitrogens is 2. The number of aliphatic imine (C=N–C) groups is 1. The fourth-order valence-corrected chi connectivity index (χ4v) is 2.12. The standard InChI is InChI=1S/C16H24N6O/c1-11-14(12(2)23-21-11)10-20-16(17-3)19-9-13-6-7-15(18-8-13)22(4)5/h6-8H,9-10H2,1-5H3,(H2,17,19,20). The number of rotatable bonds is 5. The summed E-state index contributed by atoms with van der Waals surface area (Å²) in [5, 5.41) is 10.5. The average Bonchev–Trinajstić information content (AvgIpc) is 2.87. The van der Waals surface area contributed by atoms with E-state index in [2.05, 4.69) is 31.8 Å². The highest BCUT2D eigenvalue weighted by atomic mass is 16.5. The lowest BCUT2D eigenvalue weighted by Gasteiger charge is -2.13. The Labute approximate surface area is 136 Å². The molecule has 0 amide bonds. The van der Waals surface area contributed by atoms with Crippen LogP contribution in [0.2, 0.25) is 0 Å². The molecule has 0 atom stereocenters. The van der Waals surface area contributed by atoms with Crippen molar-refractivity contribution in [1.29, 1.82) is 0 Å². The third-order valence-electron chi connectivity index (χ3n) is 3.56. The van der Waals surface area contributed by atoms with Gasteiger partial charge in [-0.15, -0.1) is 0 Å². The summed E-state index contributed by atoms with van der Waals surface area (Å²) in [6.07, 6.45) is 1.86. The first kappa shape index (κ1) is 16.8. The van der Waals surface area contributed by atoms with Crippen molar-refractivity contribution in [2.75, 3.05) is 26.0 Å². The van der Waals surface area contributed by atoms with Crippen LogP contribution in [0.3, 0.4) is 0 Å². The zero-order chi connectivity index (χ0) is 16.8. The molecule has 2 N–H and O–H groups in total. The number of guanidine groups is 1. The van der Waals surface area contributed by atoms with Crippen LogP contribution >= 0.6 is 0 Å². The van der Waals surface area contributed by atoms with Crippen LogP contribution in [0.1, 0.15) is 22.6 Å². The van der Waals surface area contributed by atoms with Gasteiger partial charge in [-0.3, -0.25) is 4.99 Å². The SMILES string of the molecule is CN=C(NCc1ccc(N(C)C)nc1)NCc1c(C)noc1C. The van der Waals surface area contributed by atoms with Crippen LogP contribution in [0.15, 0.2) is 27.8 Å². The Balaban J connectivity index is 1.88. The Morgan fingerprint density at radius 3 is 2.48 bits per heavy atom. The number of hydrogen-bond donors (Lipinski definition) is 2. The van der Waals surface area contributed by atoms with Crippen molar-refractivity contribution >= 4 is 11.8 Å². The molecule has 2 aromatic rings. The van der Waals surface area contributed by atoms with Gasteiger partial charge in [-0.25, -0.2) is 4.98 Å². The minimum Gasteiger partial charge on any atom is -0.363 e. The highest BCUT2D eigenvalue weighted by molar-refractivity contribution is 5.79. The van der Waals surface area contributed by atoms with Gasteiger partial charge in [-0.2, -0.15) is 0 Å². The van der Waals surface area contributed by atoms with Crippen LogP contribution in [0.25, 0.3) is 0 Å². The normalized spacial score (nSPS) is 11.4. The molecular weight excluding hydrogens is 292 g/mol. The first-order chi connectivity index (χ1) is 11.0. The van der Waals surface area contributed by atoms with Crippen molar-refractivity contribution in [1.82, 2.24) is 20.8 Å². The monoisotopic (exact) mass is 316 g/mol. The summed E-state index contributed by atoms with van der Waals surface area (Å²) < 4.78 is 5.16. The first-order valence-corrected chi connectivity index (χ1v) is 7.49. The van der Waals surface area contributed by atoms with Crippen LogP contribution in [0.5, 0.6) is 0 Å². The van der Waals surface area contributed by atoms with Gasteiger partial charge in [0, 0.05) is 46.0 Å². The van der Waals surface area contributed by atoms with Crippen molar-refractivity contribution in [3.8, 4) is 0 Å². The molecule has 0 aliphatic carbocycles. The van der Waals surface area contributed by atoms with E-state index in [1.807, 2.05) is 45.1 Å². The molecule has 2 aromatic heterocycles. The summed E-state index contributed by atoms with van der Waals surface area (Å²) in [6.45, 7) is 5.12. The Kier molecular flexibility index (Phi) is 5.56. The summed E-state index contributed by atoms with van der Waals surface area (Å²) in [5.41, 5.74) is 3.05. The van der Waals surface area contributed by atoms with Gasteiger partial charge in [-0.05, 0) is 25.5 Å². The van der Waals surface area contributed by atoms with Crippen LogP contribution in [0, 0.1) is 13.8 Å². The van der Waals surface area contributed by atoms with Crippen molar-refractivity contribution in [2.45, 2.75) is 26.9 Å². The lowest BCUT2D eigenvalue weighted by Crippen LogP contribution is -2.36. The molecule has 124 valence electrons. The lowest BCUT2D eigenvalue weighted by molar-refractivity contribution is 0.392. The molecule has 7 heteroatoms. The number of aryl methyl sites for hydroxylation is 2. The van der Waals surface area contributed by atoms with E-state index in [1.54, 1.807) is 7.05 Å². The quantitative estimate of drug-likeness (QED) is 0.645. The smallest absolute Gasteiger partial charge is 0.191 e. The van der Waals surface area contributed by atoms with Gasteiger partial charge >= 0.3 is 0 Å². The zero-order valence-corrected chi connectivity index (χ0v) is 14.3. The highest BCUT2D eigenvalue weighted by Crippen LogP contribution is 2.11. The van der Waals surface area contributed by atoms with Gasteiger partial charge in [0.15, 0.2) is 5.96 Å². The van der Waals surface area contributed by atoms with Crippen molar-refractivity contribution in [3.05, 3.63) is 40.9 Å². The Hall–Kier alpha value is -2.57. The van der Waals surface area contributed by atoms with Gasteiger partial charge < -0.3 is 20.1 Å². The maximum atomic E-state index is 5.16. The number of anilines is 1. The third-order valence-corrected chi connectivity index (χ3v) is 3.56. The van der Waals surface area contributed by atoms with E-state index >= 15 is 0 Å². The van der Waals surface area contributed by atoms with E-state index in [-0.39, 0.29) is 0 Å². The van der Waals surface area contributed by atoms with E-state index in [0.717, 1.165) is 34.4 Å². The second-order valence-corrected chi connectivity index (χ2v) is 5.50. The molecule has 0 radical (unpaired) electrons. The zero-order valence-electron chi connectivity index (χ0n) is 14.3. The molecule has 0 bridgehead atoms. The topological polar surface area (TPSA) is 78.6 Å². The molecular formula is C16H24N6O. The fraction of sp³-hybridized carbons (Fsp3) is 0.438. The van der Waals surface area contributed by atoms with E-state index in [1.165, 1.54) is 0 Å². The second-order valence-electron chi connectivity index (χ2n) is 5.50. The van der Waals surface area contributed by atoms with Crippen molar-refractivity contribution < 1.29 is 4.52 Å². The Morgan fingerprint density at radius 2 is 1.96 bits per heavy atom. The second kappa shape index (κ2) is 7.62. The molecule has 7 nitrogen and oxygen atoms in total. The highest BCUT2D eigenvalue weighted by Gasteiger charge is 2.09. The summed E-state index contributed by atoms with van der Waals surface area (Å²) >= 11 is 0. The number of nitrogens with zero attached hydrogens (tertiary/aromatic N) is 4. The molecule has 0 unspecified atom stereocenters. The molecule has 0 saturated carbocycles. The molecule has 2 heterocycles. The fourth-order valence-electron chi connectivity index (χ4n) is 2.12. The largest absolute Gasteiger partial charge is 0.363 e. The third kappa shape index (κ3) is 4.45. The number of hydrogen-bond acceptors (Lipinski definition) is 5. The molecule has 0 saturated heterocycles. The summed E-state index contributed by atoms with van der Waals surface area (Å²) in [7, 11) is 5.69. The van der Waals surface area contributed by atoms with Gasteiger partial charge in [0.25, 0.3) is 0 Å². The Morgan fingerprint density at radius 1 is 1.22 bits per heavy atom. The van der Waals surface area contributed by atoms with E-state index in [0.29, 0.717) is 13.1 Å². The molecule has 23 heavy (non-hydrogen) atoms. The van der Waals surface area contributed by atoms with Crippen molar-refractivity contribution in [2.24, 2.45) is 4.99 Å². The number of pyridine rings is 1. The average molecular weight is 316 g/mol. The van der Waals surface area contributed by atoms with Gasteiger partial charge in [-0.1, -0.05) is 11.2 Å². The van der Waals surface area contributed by atoms with Gasteiger partial charge in [0.2, 0.25) is 0 Å². The van der Waals surface area contributed by atoms with Crippen LogP contribution in [-0.4, -0.2) is 37.2 Å². The van der Waals surface area contributed by atoms with Crippen molar-refractivity contribution in [3.63, 3.8) is 0 Å². The summed E-state index contributed by atoms with van der Waals surface area (Å²) in [5.74, 6) is 2.49. The molecule has 0 fully saturated rings. The van der Waals surface area contributed by atoms with E-state index in [4.69, 9.17) is 4.52 Å². The molecule has 0 aliphatic rings. The predicted molar refractivity (Wildman–Crippen MR) is 91.6 cm³/mol. The number of nitrogens with one attached hydrogen (secondary N) is 2. The Bertz CT molecular complexity index is 640. The maximum Gasteiger partial charge on any atom is 0.191 e. The van der Waals surface area contributed by atoms with Crippen LogP contribution in [0.4, 0.5) is 5.82 Å². The molecule has 0 aromatic carbocycles. The molecule has 0 spiro atoms. The van der Waals surface area contributed by atoms with E-state index < -0.39 is 0 Å². The first-order valence-electron chi connectivity index (χ1n) is 7.49. The maximum absolute atomic E-state index is 5.16. The lowest BCUT2D eigenvalue weighted by atomic mass is 10.2. The van der Waals surface area contributed by atoms with Gasteiger partial charge in [0.1, 0.15) is 11.6 Å². The predicted octanol–water partition coefficient (Wildman–Crippen LogP) is 1.62. The van der Waals surface area contributed by atoms with Gasteiger partial charge in [0.05, 0.1) is 5.69 Å². The van der Waals surface area contributed by atoms with E-state index in [9.17, 15) is 0 Å². The molecule has 0 aliphatic heterocycles. The minimum atomic E-state index is 0.624.